The third kappa shape index (κ3) is 3.41. The van der Waals surface area contributed by atoms with Crippen molar-refractivity contribution < 1.29 is 4.74 Å². The predicted molar refractivity (Wildman–Crippen MR) is 121 cm³/mol. The van der Waals surface area contributed by atoms with Crippen molar-refractivity contribution in [3.8, 4) is 28.3 Å². The minimum Gasteiger partial charge on any atom is -0.497 e. The Morgan fingerprint density at radius 3 is 2.53 bits per heavy atom. The van der Waals surface area contributed by atoms with Crippen LogP contribution in [0.2, 0.25) is 0 Å². The molecule has 0 radical (unpaired) electrons. The molecule has 152 valence electrons. The van der Waals surface area contributed by atoms with Crippen molar-refractivity contribution in [3.63, 3.8) is 0 Å². The zero-order valence-corrected chi connectivity index (χ0v) is 17.5. The fourth-order valence-electron chi connectivity index (χ4n) is 4.28. The second kappa shape index (κ2) is 7.82. The van der Waals surface area contributed by atoms with E-state index in [1.54, 1.807) is 7.11 Å². The van der Waals surface area contributed by atoms with Gasteiger partial charge in [0.15, 0.2) is 5.65 Å². The number of anilines is 1. The lowest BCUT2D eigenvalue weighted by molar-refractivity contribution is 0.415. The first-order valence-corrected chi connectivity index (χ1v) is 10.6. The standard InChI is InChI=1S/C25H26N4O/c1-18-9-6-7-14-28(18)25-17-22(19-10-4-3-5-11-19)26-24-16-23(27-29(24)25)20-12-8-13-21(15-20)30-2/h3-5,8,10-13,15-18H,6-7,9,14H2,1-2H3/t18-/m0/s1. The number of piperidine rings is 1. The second-order valence-corrected chi connectivity index (χ2v) is 7.94. The molecule has 2 aromatic heterocycles. The van der Waals surface area contributed by atoms with Gasteiger partial charge in [-0.05, 0) is 38.3 Å². The number of nitrogens with zero attached hydrogens (tertiary/aromatic N) is 4. The summed E-state index contributed by atoms with van der Waals surface area (Å²) in [4.78, 5) is 7.44. The number of fused-ring (bicyclic) bond motifs is 1. The van der Waals surface area contributed by atoms with Gasteiger partial charge < -0.3 is 9.64 Å². The summed E-state index contributed by atoms with van der Waals surface area (Å²) in [5.74, 6) is 1.94. The zero-order chi connectivity index (χ0) is 20.5. The number of benzene rings is 2. The van der Waals surface area contributed by atoms with Crippen LogP contribution in [0.3, 0.4) is 0 Å². The molecule has 4 aromatic rings. The Bertz CT molecular complexity index is 1170. The van der Waals surface area contributed by atoms with Gasteiger partial charge in [-0.15, -0.1) is 0 Å². The van der Waals surface area contributed by atoms with Crippen molar-refractivity contribution in [3.05, 3.63) is 66.7 Å². The number of aromatic nitrogens is 3. The van der Waals surface area contributed by atoms with Crippen molar-refractivity contribution in [2.24, 2.45) is 0 Å². The van der Waals surface area contributed by atoms with Crippen LogP contribution in [0.5, 0.6) is 5.75 Å². The molecule has 0 N–H and O–H groups in total. The molecule has 5 heteroatoms. The Morgan fingerprint density at radius 1 is 0.900 bits per heavy atom. The van der Waals surface area contributed by atoms with Crippen molar-refractivity contribution >= 4 is 11.5 Å². The fraction of sp³-hybridized carbons (Fsp3) is 0.280. The monoisotopic (exact) mass is 398 g/mol. The molecule has 0 amide bonds. The van der Waals surface area contributed by atoms with Gasteiger partial charge in [0.05, 0.1) is 18.5 Å². The summed E-state index contributed by atoms with van der Waals surface area (Å²) in [6, 6.07) is 23.1. The molecule has 1 atom stereocenters. The highest BCUT2D eigenvalue weighted by Gasteiger charge is 2.23. The van der Waals surface area contributed by atoms with Crippen LogP contribution in [0.1, 0.15) is 26.2 Å². The van der Waals surface area contributed by atoms with Crippen LogP contribution in [-0.2, 0) is 0 Å². The van der Waals surface area contributed by atoms with Gasteiger partial charge in [0.1, 0.15) is 11.6 Å². The Balaban J connectivity index is 1.69. The van der Waals surface area contributed by atoms with Gasteiger partial charge in [-0.3, -0.25) is 0 Å². The molecule has 0 spiro atoms. The zero-order valence-electron chi connectivity index (χ0n) is 17.5. The minimum absolute atomic E-state index is 0.484. The van der Waals surface area contributed by atoms with Crippen molar-refractivity contribution in [1.29, 1.82) is 0 Å². The van der Waals surface area contributed by atoms with E-state index in [0.717, 1.165) is 46.3 Å². The highest BCUT2D eigenvalue weighted by molar-refractivity contribution is 5.71. The summed E-state index contributed by atoms with van der Waals surface area (Å²) in [6.45, 7) is 3.35. The number of hydrogen-bond donors (Lipinski definition) is 0. The van der Waals surface area contributed by atoms with E-state index in [0.29, 0.717) is 6.04 Å². The number of hydrogen-bond acceptors (Lipinski definition) is 4. The maximum absolute atomic E-state index is 5.40. The summed E-state index contributed by atoms with van der Waals surface area (Å²) < 4.78 is 7.40. The van der Waals surface area contributed by atoms with Crippen LogP contribution in [0.15, 0.2) is 66.7 Å². The third-order valence-electron chi connectivity index (χ3n) is 5.94. The van der Waals surface area contributed by atoms with Crippen LogP contribution in [0.4, 0.5) is 5.82 Å². The van der Waals surface area contributed by atoms with E-state index in [4.69, 9.17) is 14.8 Å². The average molecular weight is 399 g/mol. The Labute approximate surface area is 176 Å². The first-order valence-electron chi connectivity index (χ1n) is 10.6. The summed E-state index contributed by atoms with van der Waals surface area (Å²) in [5, 5.41) is 4.96. The maximum atomic E-state index is 5.40. The van der Waals surface area contributed by atoms with Crippen molar-refractivity contribution in [1.82, 2.24) is 14.6 Å². The molecule has 0 aliphatic carbocycles. The van der Waals surface area contributed by atoms with Gasteiger partial charge >= 0.3 is 0 Å². The first kappa shape index (κ1) is 18.7. The quantitative estimate of drug-likeness (QED) is 0.458. The topological polar surface area (TPSA) is 42.7 Å². The highest BCUT2D eigenvalue weighted by atomic mass is 16.5. The molecule has 5 rings (SSSR count). The SMILES string of the molecule is COc1cccc(-c2cc3nc(-c4ccccc4)cc(N4CCCC[C@@H]4C)n3n2)c1. The largest absolute Gasteiger partial charge is 0.497 e. The van der Waals surface area contributed by atoms with Crippen LogP contribution >= 0.6 is 0 Å². The molecule has 5 nitrogen and oxygen atoms in total. The fourth-order valence-corrected chi connectivity index (χ4v) is 4.28. The van der Waals surface area contributed by atoms with Gasteiger partial charge in [0.25, 0.3) is 0 Å². The van der Waals surface area contributed by atoms with E-state index in [1.165, 1.54) is 19.3 Å². The third-order valence-corrected chi connectivity index (χ3v) is 5.94. The van der Waals surface area contributed by atoms with Crippen molar-refractivity contribution in [2.45, 2.75) is 32.2 Å². The summed E-state index contributed by atoms with van der Waals surface area (Å²) in [5.41, 5.74) is 4.89. The second-order valence-electron chi connectivity index (χ2n) is 7.94. The molecule has 2 aromatic carbocycles. The van der Waals surface area contributed by atoms with E-state index < -0.39 is 0 Å². The molecule has 1 aliphatic rings. The lowest BCUT2D eigenvalue weighted by Crippen LogP contribution is -2.38. The molecular formula is C25H26N4O. The Morgan fingerprint density at radius 2 is 1.73 bits per heavy atom. The Kier molecular flexibility index (Phi) is 4.87. The first-order chi connectivity index (χ1) is 14.7. The average Bonchev–Trinajstić information content (AvgIpc) is 3.24. The molecule has 3 heterocycles. The van der Waals surface area contributed by atoms with E-state index in [2.05, 4.69) is 54.3 Å². The van der Waals surface area contributed by atoms with Gasteiger partial charge in [-0.1, -0.05) is 42.5 Å². The molecule has 1 fully saturated rings. The van der Waals surface area contributed by atoms with Gasteiger partial charge in [0, 0.05) is 35.8 Å². The molecule has 1 saturated heterocycles. The molecule has 0 bridgehead atoms. The number of rotatable bonds is 4. The summed E-state index contributed by atoms with van der Waals surface area (Å²) >= 11 is 0. The smallest absolute Gasteiger partial charge is 0.158 e. The summed E-state index contributed by atoms with van der Waals surface area (Å²) in [6.07, 6.45) is 3.69. The predicted octanol–water partition coefficient (Wildman–Crippen LogP) is 5.45. The lowest BCUT2D eigenvalue weighted by atomic mass is 10.0. The highest BCUT2D eigenvalue weighted by Crippen LogP contribution is 2.31. The molecule has 30 heavy (non-hydrogen) atoms. The molecule has 1 aliphatic heterocycles. The number of methoxy groups -OCH3 is 1. The van der Waals surface area contributed by atoms with Crippen molar-refractivity contribution in [2.75, 3.05) is 18.6 Å². The Hall–Kier alpha value is -3.34. The van der Waals surface area contributed by atoms with Gasteiger partial charge in [0.2, 0.25) is 0 Å². The lowest BCUT2D eigenvalue weighted by Gasteiger charge is -2.35. The van der Waals surface area contributed by atoms with E-state index in [1.807, 2.05) is 28.8 Å². The van der Waals surface area contributed by atoms with Crippen LogP contribution in [0.25, 0.3) is 28.2 Å². The van der Waals surface area contributed by atoms with Crippen LogP contribution in [0, 0.1) is 0 Å². The van der Waals surface area contributed by atoms with Gasteiger partial charge in [-0.2, -0.15) is 9.61 Å². The van der Waals surface area contributed by atoms with E-state index in [-0.39, 0.29) is 0 Å². The molecule has 0 unspecified atom stereocenters. The summed E-state index contributed by atoms with van der Waals surface area (Å²) in [7, 11) is 1.69. The molecule has 0 saturated carbocycles. The van der Waals surface area contributed by atoms with Gasteiger partial charge in [-0.25, -0.2) is 4.98 Å². The van der Waals surface area contributed by atoms with Crippen LogP contribution in [-0.4, -0.2) is 34.3 Å². The minimum atomic E-state index is 0.484. The maximum Gasteiger partial charge on any atom is 0.158 e. The van der Waals surface area contributed by atoms with E-state index in [9.17, 15) is 0 Å². The van der Waals surface area contributed by atoms with Crippen LogP contribution < -0.4 is 9.64 Å². The normalized spacial score (nSPS) is 16.7. The number of ether oxygens (including phenoxy) is 1. The molecular weight excluding hydrogens is 372 g/mol. The van der Waals surface area contributed by atoms with E-state index >= 15 is 0 Å².